The lowest BCUT2D eigenvalue weighted by Gasteiger charge is -2.09. The van der Waals surface area contributed by atoms with Gasteiger partial charge in [-0.05, 0) is 40.2 Å². The van der Waals surface area contributed by atoms with E-state index in [0.29, 0.717) is 4.47 Å². The van der Waals surface area contributed by atoms with Gasteiger partial charge in [0.2, 0.25) is 0 Å². The van der Waals surface area contributed by atoms with E-state index >= 15 is 0 Å². The number of carbonyl (C=O) groups is 1. The second kappa shape index (κ2) is 6.01. The van der Waals surface area contributed by atoms with Gasteiger partial charge in [-0.3, -0.25) is 4.79 Å². The first kappa shape index (κ1) is 15.1. The molecule has 0 aliphatic carbocycles. The molecule has 0 atom stereocenters. The lowest BCUT2D eigenvalue weighted by Crippen LogP contribution is -2.07. The Morgan fingerprint density at radius 3 is 2.35 bits per heavy atom. The van der Waals surface area contributed by atoms with E-state index in [2.05, 4.69) is 31.9 Å². The minimum Gasteiger partial charge on any atom is -0.496 e. The minimum atomic E-state index is -0.660. The lowest BCUT2D eigenvalue weighted by molar-refractivity contribution is 0.103. The van der Waals surface area contributed by atoms with Gasteiger partial charge in [0, 0.05) is 10.5 Å². The van der Waals surface area contributed by atoms with Gasteiger partial charge in [-0.2, -0.15) is 0 Å². The molecule has 0 amide bonds. The first-order valence-corrected chi connectivity index (χ1v) is 7.05. The van der Waals surface area contributed by atoms with Gasteiger partial charge in [-0.25, -0.2) is 8.78 Å². The number of hydrogen-bond donors (Lipinski definition) is 0. The Kier molecular flexibility index (Phi) is 4.55. The average molecular weight is 406 g/mol. The Hall–Kier alpha value is -1.27. The van der Waals surface area contributed by atoms with E-state index in [1.54, 1.807) is 6.07 Å². The molecule has 2 nitrogen and oxygen atoms in total. The minimum absolute atomic E-state index is 0.0537. The summed E-state index contributed by atoms with van der Waals surface area (Å²) in [4.78, 5) is 12.3. The lowest BCUT2D eigenvalue weighted by atomic mass is 10.0. The van der Waals surface area contributed by atoms with Crippen LogP contribution in [-0.2, 0) is 0 Å². The number of ether oxygens (including phenoxy) is 1. The summed E-state index contributed by atoms with van der Waals surface area (Å²) >= 11 is 6.11. The molecule has 104 valence electrons. The molecule has 6 heteroatoms. The van der Waals surface area contributed by atoms with E-state index < -0.39 is 17.4 Å². The van der Waals surface area contributed by atoms with Crippen molar-refractivity contribution in [2.45, 2.75) is 0 Å². The van der Waals surface area contributed by atoms with Crippen molar-refractivity contribution < 1.29 is 18.3 Å². The van der Waals surface area contributed by atoms with Gasteiger partial charge in [-0.1, -0.05) is 15.9 Å². The second-order valence-corrected chi connectivity index (χ2v) is 5.69. The molecule has 0 spiro atoms. The smallest absolute Gasteiger partial charge is 0.199 e. The van der Waals surface area contributed by atoms with Gasteiger partial charge in [0.25, 0.3) is 0 Å². The molecule has 0 aromatic heterocycles. The molecule has 0 saturated carbocycles. The highest BCUT2D eigenvalue weighted by Gasteiger charge is 2.20. The molecule has 0 fully saturated rings. The Balaban J connectivity index is 2.55. The van der Waals surface area contributed by atoms with Crippen LogP contribution in [0, 0.1) is 11.6 Å². The topological polar surface area (TPSA) is 26.3 Å². The molecule has 2 aromatic carbocycles. The quantitative estimate of drug-likeness (QED) is 0.690. The first-order chi connectivity index (χ1) is 9.43. The molecule has 2 rings (SSSR count). The number of carbonyl (C=O) groups excluding carboxylic acids is 1. The van der Waals surface area contributed by atoms with Crippen LogP contribution < -0.4 is 4.74 Å². The van der Waals surface area contributed by atoms with Crippen LogP contribution >= 0.6 is 31.9 Å². The third kappa shape index (κ3) is 2.91. The van der Waals surface area contributed by atoms with Crippen molar-refractivity contribution in [1.82, 2.24) is 0 Å². The van der Waals surface area contributed by atoms with Gasteiger partial charge >= 0.3 is 0 Å². The molecule has 2 aromatic rings. The van der Waals surface area contributed by atoms with Crippen LogP contribution in [0.25, 0.3) is 0 Å². The van der Waals surface area contributed by atoms with Gasteiger partial charge in [-0.15, -0.1) is 0 Å². The molecule has 0 aliphatic heterocycles. The van der Waals surface area contributed by atoms with Crippen LogP contribution in [0.3, 0.4) is 0 Å². The van der Waals surface area contributed by atoms with Gasteiger partial charge in [0.1, 0.15) is 17.4 Å². The van der Waals surface area contributed by atoms with Crippen molar-refractivity contribution >= 4 is 37.6 Å². The number of rotatable bonds is 3. The predicted molar refractivity (Wildman–Crippen MR) is 78.2 cm³/mol. The highest BCUT2D eigenvalue weighted by atomic mass is 79.9. The normalized spacial score (nSPS) is 10.4. The highest BCUT2D eigenvalue weighted by molar-refractivity contribution is 9.10. The number of ketones is 1. The second-order valence-electron chi connectivity index (χ2n) is 3.92. The van der Waals surface area contributed by atoms with Crippen molar-refractivity contribution in [3.05, 3.63) is 62.0 Å². The molecule has 0 radical (unpaired) electrons. The average Bonchev–Trinajstić information content (AvgIpc) is 2.40. The van der Waals surface area contributed by atoms with Crippen LogP contribution in [0.2, 0.25) is 0 Å². The molecule has 0 bridgehead atoms. The monoisotopic (exact) mass is 404 g/mol. The molecule has 0 unspecified atom stereocenters. The molecule has 0 N–H and O–H groups in total. The standard InChI is InChI=1S/C14H8Br2F2O2/c1-20-13-6-12(18)10(16)5-9(13)14(19)8-3-2-7(15)4-11(8)17/h2-6H,1H3. The van der Waals surface area contributed by atoms with E-state index in [9.17, 15) is 13.6 Å². The summed E-state index contributed by atoms with van der Waals surface area (Å²) in [6.45, 7) is 0. The molecular formula is C14H8Br2F2O2. The van der Waals surface area contributed by atoms with Gasteiger partial charge < -0.3 is 4.74 Å². The molecule has 20 heavy (non-hydrogen) atoms. The third-order valence-electron chi connectivity index (χ3n) is 2.66. The van der Waals surface area contributed by atoms with Crippen molar-refractivity contribution in [3.8, 4) is 5.75 Å². The first-order valence-electron chi connectivity index (χ1n) is 5.47. The maximum absolute atomic E-state index is 13.8. The fourth-order valence-corrected chi connectivity index (χ4v) is 2.37. The summed E-state index contributed by atoms with van der Waals surface area (Å²) < 4.78 is 32.9. The fourth-order valence-electron chi connectivity index (χ4n) is 1.69. The molecule has 0 saturated heterocycles. The van der Waals surface area contributed by atoms with Crippen molar-refractivity contribution in [2.24, 2.45) is 0 Å². The highest BCUT2D eigenvalue weighted by Crippen LogP contribution is 2.29. The van der Waals surface area contributed by atoms with E-state index in [4.69, 9.17) is 4.74 Å². The van der Waals surface area contributed by atoms with Crippen molar-refractivity contribution in [3.63, 3.8) is 0 Å². The summed E-state index contributed by atoms with van der Waals surface area (Å²) in [7, 11) is 1.32. The number of methoxy groups -OCH3 is 1. The zero-order chi connectivity index (χ0) is 14.9. The number of benzene rings is 2. The van der Waals surface area contributed by atoms with Crippen molar-refractivity contribution in [2.75, 3.05) is 7.11 Å². The largest absolute Gasteiger partial charge is 0.496 e. The summed E-state index contributed by atoms with van der Waals surface area (Å²) in [5.74, 6) is -1.74. The summed E-state index contributed by atoms with van der Waals surface area (Å²) in [6, 6.07) is 6.46. The molecule has 0 heterocycles. The van der Waals surface area contributed by atoms with Crippen LogP contribution in [0.4, 0.5) is 8.78 Å². The van der Waals surface area contributed by atoms with Gasteiger partial charge in [0.05, 0.1) is 22.7 Å². The van der Waals surface area contributed by atoms with Gasteiger partial charge in [0.15, 0.2) is 5.78 Å². The Bertz CT molecular complexity index is 687. The summed E-state index contributed by atoms with van der Waals surface area (Å²) in [6.07, 6.45) is 0. The summed E-state index contributed by atoms with van der Waals surface area (Å²) in [5, 5.41) is 0. The van der Waals surface area contributed by atoms with Crippen LogP contribution in [0.15, 0.2) is 39.3 Å². The maximum atomic E-state index is 13.8. The fraction of sp³-hybridized carbons (Fsp3) is 0.0714. The number of halogens is 4. The van der Waals surface area contributed by atoms with E-state index in [-0.39, 0.29) is 21.3 Å². The Morgan fingerprint density at radius 1 is 1.05 bits per heavy atom. The van der Waals surface area contributed by atoms with E-state index in [1.165, 1.54) is 25.3 Å². The number of hydrogen-bond acceptors (Lipinski definition) is 2. The molecule has 0 aliphatic rings. The van der Waals surface area contributed by atoms with Crippen LogP contribution in [0.1, 0.15) is 15.9 Å². The Labute approximate surface area is 131 Å². The SMILES string of the molecule is COc1cc(F)c(Br)cc1C(=O)c1ccc(Br)cc1F. The zero-order valence-electron chi connectivity index (χ0n) is 10.2. The predicted octanol–water partition coefficient (Wildman–Crippen LogP) is 4.73. The van der Waals surface area contributed by atoms with Crippen molar-refractivity contribution in [1.29, 1.82) is 0 Å². The zero-order valence-corrected chi connectivity index (χ0v) is 13.4. The van der Waals surface area contributed by atoms with Crippen LogP contribution in [-0.4, -0.2) is 12.9 Å². The summed E-state index contributed by atoms with van der Waals surface area (Å²) in [5.41, 5.74) is -0.0213. The van der Waals surface area contributed by atoms with E-state index in [0.717, 1.165) is 6.07 Å². The Morgan fingerprint density at radius 2 is 1.75 bits per heavy atom. The maximum Gasteiger partial charge on any atom is 0.199 e. The third-order valence-corrected chi connectivity index (χ3v) is 3.76. The van der Waals surface area contributed by atoms with Crippen LogP contribution in [0.5, 0.6) is 5.75 Å². The van der Waals surface area contributed by atoms with E-state index in [1.807, 2.05) is 0 Å². The molecular weight excluding hydrogens is 398 g/mol.